The zero-order valence-corrected chi connectivity index (χ0v) is 30.7. The SMILES string of the molecule is c1ccc(-c2cc(-c3ccccc3)cc(-c3ccc(-n4c5ccccc5c5cc(-c6ccc7c8ccccc8n(-c8ccccc8)c7c6)ccc54)cc3)c2)cc1. The van der Waals surface area contributed by atoms with Gasteiger partial charge in [-0.1, -0.05) is 146 Å². The van der Waals surface area contributed by atoms with Gasteiger partial charge in [-0.25, -0.2) is 0 Å². The van der Waals surface area contributed by atoms with E-state index in [1.165, 1.54) is 93.8 Å². The molecule has 2 aromatic heterocycles. The number of hydrogen-bond acceptors (Lipinski definition) is 0. The smallest absolute Gasteiger partial charge is 0.0547 e. The molecule has 262 valence electrons. The van der Waals surface area contributed by atoms with Gasteiger partial charge in [-0.3, -0.25) is 0 Å². The minimum absolute atomic E-state index is 1.14. The Morgan fingerprint density at radius 1 is 0.196 bits per heavy atom. The summed E-state index contributed by atoms with van der Waals surface area (Å²) in [4.78, 5) is 0. The van der Waals surface area contributed by atoms with Crippen molar-refractivity contribution in [3.05, 3.63) is 218 Å². The normalized spacial score (nSPS) is 11.6. The van der Waals surface area contributed by atoms with E-state index in [4.69, 9.17) is 0 Å². The van der Waals surface area contributed by atoms with Crippen LogP contribution in [-0.2, 0) is 0 Å². The third kappa shape index (κ3) is 5.34. The first kappa shape index (κ1) is 32.0. The second kappa shape index (κ2) is 13.2. The highest BCUT2D eigenvalue weighted by Crippen LogP contribution is 2.39. The average Bonchev–Trinajstić information content (AvgIpc) is 3.79. The van der Waals surface area contributed by atoms with Gasteiger partial charge < -0.3 is 9.13 Å². The van der Waals surface area contributed by atoms with Crippen LogP contribution in [-0.4, -0.2) is 9.13 Å². The van der Waals surface area contributed by atoms with Crippen LogP contribution in [0.25, 0.3) is 99.5 Å². The van der Waals surface area contributed by atoms with Gasteiger partial charge in [0.05, 0.1) is 22.1 Å². The second-order valence-corrected chi connectivity index (χ2v) is 14.6. The van der Waals surface area contributed by atoms with Crippen LogP contribution >= 0.6 is 0 Å². The summed E-state index contributed by atoms with van der Waals surface area (Å²) < 4.78 is 4.80. The van der Waals surface area contributed by atoms with Gasteiger partial charge in [0.2, 0.25) is 0 Å². The first-order valence-corrected chi connectivity index (χ1v) is 19.3. The molecule has 0 radical (unpaired) electrons. The van der Waals surface area contributed by atoms with Crippen molar-refractivity contribution >= 4 is 43.6 Å². The minimum atomic E-state index is 1.14. The molecule has 11 rings (SSSR count). The number of benzene rings is 9. The van der Waals surface area contributed by atoms with Gasteiger partial charge in [0.15, 0.2) is 0 Å². The topological polar surface area (TPSA) is 9.86 Å². The van der Waals surface area contributed by atoms with Gasteiger partial charge in [-0.15, -0.1) is 0 Å². The molecular formula is C54H36N2. The molecule has 56 heavy (non-hydrogen) atoms. The maximum absolute atomic E-state index is 2.41. The van der Waals surface area contributed by atoms with Crippen molar-refractivity contribution in [2.24, 2.45) is 0 Å². The molecule has 2 heterocycles. The summed E-state index contributed by atoms with van der Waals surface area (Å²) in [7, 11) is 0. The molecule has 0 spiro atoms. The lowest BCUT2D eigenvalue weighted by atomic mass is 9.93. The summed E-state index contributed by atoms with van der Waals surface area (Å²) in [5.74, 6) is 0. The number of nitrogens with zero attached hydrogens (tertiary/aromatic N) is 2. The van der Waals surface area contributed by atoms with Crippen molar-refractivity contribution in [2.75, 3.05) is 0 Å². The zero-order valence-electron chi connectivity index (χ0n) is 30.7. The number of rotatable bonds is 6. The number of fused-ring (bicyclic) bond motifs is 6. The Balaban J connectivity index is 1.02. The lowest BCUT2D eigenvalue weighted by molar-refractivity contribution is 1.18. The van der Waals surface area contributed by atoms with Crippen LogP contribution in [0.1, 0.15) is 0 Å². The predicted octanol–water partition coefficient (Wildman–Crippen LogP) is 14.5. The van der Waals surface area contributed by atoms with Gasteiger partial charge in [0.25, 0.3) is 0 Å². The first-order chi connectivity index (χ1) is 27.8. The number of hydrogen-bond donors (Lipinski definition) is 0. The van der Waals surface area contributed by atoms with Crippen LogP contribution < -0.4 is 0 Å². The maximum atomic E-state index is 2.41. The Morgan fingerprint density at radius 3 is 1.20 bits per heavy atom. The molecule has 2 heteroatoms. The second-order valence-electron chi connectivity index (χ2n) is 14.6. The molecule has 0 saturated heterocycles. The maximum Gasteiger partial charge on any atom is 0.0547 e. The summed E-state index contributed by atoms with van der Waals surface area (Å²) in [5, 5.41) is 5.02. The highest BCUT2D eigenvalue weighted by Gasteiger charge is 2.16. The van der Waals surface area contributed by atoms with Crippen LogP contribution in [0.5, 0.6) is 0 Å². The van der Waals surface area contributed by atoms with E-state index in [2.05, 4.69) is 228 Å². The van der Waals surface area contributed by atoms with Crippen molar-refractivity contribution < 1.29 is 0 Å². The van der Waals surface area contributed by atoms with Crippen LogP contribution in [0.15, 0.2) is 218 Å². The standard InChI is InChI=1S/C54H36N2/c1-4-14-37(15-5-1)42-32-43(38-16-6-2-7-17-38)34-44(33-42)39-24-28-46(29-25-39)55-52-23-13-11-21-48(52)50-35-40(27-31-53(50)55)41-26-30-49-47-20-10-12-22-51(47)56(54(49)36-41)45-18-8-3-9-19-45/h1-36H. The highest BCUT2D eigenvalue weighted by atomic mass is 15.0. The summed E-state index contributed by atoms with van der Waals surface area (Å²) in [6, 6.07) is 79.4. The molecule has 0 atom stereocenters. The van der Waals surface area contributed by atoms with Gasteiger partial charge in [-0.05, 0) is 117 Å². The third-order valence-electron chi connectivity index (χ3n) is 11.3. The molecule has 0 N–H and O–H groups in total. The van der Waals surface area contributed by atoms with E-state index < -0.39 is 0 Å². The Morgan fingerprint density at radius 2 is 0.589 bits per heavy atom. The van der Waals surface area contributed by atoms with Crippen molar-refractivity contribution in [1.29, 1.82) is 0 Å². The molecule has 0 amide bonds. The molecule has 0 aliphatic carbocycles. The first-order valence-electron chi connectivity index (χ1n) is 19.3. The predicted molar refractivity (Wildman–Crippen MR) is 237 cm³/mol. The number of aromatic nitrogens is 2. The van der Waals surface area contributed by atoms with Crippen LogP contribution in [0.2, 0.25) is 0 Å². The molecule has 0 saturated carbocycles. The Kier molecular flexibility index (Phi) is 7.53. The summed E-state index contributed by atoms with van der Waals surface area (Å²) in [6.07, 6.45) is 0. The van der Waals surface area contributed by atoms with Gasteiger partial charge in [-0.2, -0.15) is 0 Å². The summed E-state index contributed by atoms with van der Waals surface area (Å²) in [5.41, 5.74) is 16.8. The number of para-hydroxylation sites is 3. The zero-order chi connectivity index (χ0) is 37.0. The molecule has 0 fully saturated rings. The Labute approximate surface area is 325 Å². The van der Waals surface area contributed by atoms with Crippen LogP contribution in [0.4, 0.5) is 0 Å². The molecule has 0 unspecified atom stereocenters. The highest BCUT2D eigenvalue weighted by molar-refractivity contribution is 6.12. The molecule has 0 bridgehead atoms. The fraction of sp³-hybridized carbons (Fsp3) is 0. The lowest BCUT2D eigenvalue weighted by Gasteiger charge is -2.13. The van der Waals surface area contributed by atoms with E-state index in [1.54, 1.807) is 0 Å². The molecule has 9 aromatic carbocycles. The monoisotopic (exact) mass is 712 g/mol. The van der Waals surface area contributed by atoms with Crippen molar-refractivity contribution in [3.63, 3.8) is 0 Å². The molecule has 0 aliphatic rings. The molecule has 2 nitrogen and oxygen atoms in total. The third-order valence-corrected chi connectivity index (χ3v) is 11.3. The van der Waals surface area contributed by atoms with Crippen molar-refractivity contribution in [2.45, 2.75) is 0 Å². The summed E-state index contributed by atoms with van der Waals surface area (Å²) >= 11 is 0. The summed E-state index contributed by atoms with van der Waals surface area (Å²) in [6.45, 7) is 0. The van der Waals surface area contributed by atoms with E-state index in [-0.39, 0.29) is 0 Å². The molecule has 11 aromatic rings. The Bertz CT molecular complexity index is 3150. The van der Waals surface area contributed by atoms with E-state index >= 15 is 0 Å². The molecule has 0 aliphatic heterocycles. The van der Waals surface area contributed by atoms with Gasteiger partial charge in [0.1, 0.15) is 0 Å². The quantitative estimate of drug-likeness (QED) is 0.162. The largest absolute Gasteiger partial charge is 0.309 e. The minimum Gasteiger partial charge on any atom is -0.309 e. The van der Waals surface area contributed by atoms with Crippen molar-refractivity contribution in [1.82, 2.24) is 9.13 Å². The van der Waals surface area contributed by atoms with Crippen LogP contribution in [0, 0.1) is 0 Å². The van der Waals surface area contributed by atoms with Crippen molar-refractivity contribution in [3.8, 4) is 55.9 Å². The molecular weight excluding hydrogens is 677 g/mol. The van der Waals surface area contributed by atoms with Crippen LogP contribution in [0.3, 0.4) is 0 Å². The lowest BCUT2D eigenvalue weighted by Crippen LogP contribution is -1.94. The van der Waals surface area contributed by atoms with Gasteiger partial charge >= 0.3 is 0 Å². The van der Waals surface area contributed by atoms with Gasteiger partial charge in [0, 0.05) is 32.9 Å². The van der Waals surface area contributed by atoms with E-state index in [0.717, 1.165) is 5.69 Å². The van der Waals surface area contributed by atoms with E-state index in [9.17, 15) is 0 Å². The van der Waals surface area contributed by atoms with E-state index in [0.29, 0.717) is 0 Å². The fourth-order valence-corrected chi connectivity index (χ4v) is 8.63. The average molecular weight is 713 g/mol. The fourth-order valence-electron chi connectivity index (χ4n) is 8.63. The van der Waals surface area contributed by atoms with E-state index in [1.807, 2.05) is 0 Å². The Hall–Kier alpha value is -7.42.